The number of rotatable bonds is 11. The molecule has 3 heterocycles. The Morgan fingerprint density at radius 3 is 2.25 bits per heavy atom. The SMILES string of the molecule is COc1cc(F)c(-c2ccc(N3CCCC(NCc4ccccc4)(C(O)C(F)F)C3)c(Cn3cnc4c(N(C(=O)OC(C)(C)C)C(=O)OC(C)(C)C)ncnc43)c2)cc1F. The van der Waals surface area contributed by atoms with Crippen LogP contribution >= 0.6 is 0 Å². The molecule has 1 aliphatic rings. The number of imide groups is 1. The van der Waals surface area contributed by atoms with Crippen LogP contribution in [0.5, 0.6) is 5.75 Å². The third-order valence-corrected chi connectivity index (χ3v) is 9.88. The monoisotopic (exact) mass is 835 g/mol. The molecule has 0 bridgehead atoms. The van der Waals surface area contributed by atoms with Gasteiger partial charge in [-0.1, -0.05) is 36.4 Å². The molecule has 0 spiro atoms. The lowest BCUT2D eigenvalue weighted by Gasteiger charge is -2.47. The fourth-order valence-corrected chi connectivity index (χ4v) is 7.18. The van der Waals surface area contributed by atoms with Gasteiger partial charge in [-0.15, -0.1) is 0 Å². The van der Waals surface area contributed by atoms with Crippen LogP contribution in [0.3, 0.4) is 0 Å². The van der Waals surface area contributed by atoms with Crippen molar-refractivity contribution in [2.45, 2.75) is 96.7 Å². The fourth-order valence-electron chi connectivity index (χ4n) is 7.18. The summed E-state index contributed by atoms with van der Waals surface area (Å²) in [6.45, 7) is 10.4. The number of methoxy groups -OCH3 is 1. The van der Waals surface area contributed by atoms with Crippen molar-refractivity contribution < 1.29 is 46.5 Å². The molecule has 2 unspecified atom stereocenters. The first kappa shape index (κ1) is 43.8. The predicted molar refractivity (Wildman–Crippen MR) is 217 cm³/mol. The van der Waals surface area contributed by atoms with Crippen molar-refractivity contribution in [2.24, 2.45) is 0 Å². The Morgan fingerprint density at radius 2 is 1.62 bits per heavy atom. The molecule has 2 N–H and O–H groups in total. The van der Waals surface area contributed by atoms with E-state index >= 15 is 4.39 Å². The molecule has 60 heavy (non-hydrogen) atoms. The summed E-state index contributed by atoms with van der Waals surface area (Å²) < 4.78 is 77.1. The number of nitrogens with zero attached hydrogens (tertiary/aromatic N) is 6. The Hall–Kier alpha value is -5.81. The van der Waals surface area contributed by atoms with E-state index < -0.39 is 53.1 Å². The summed E-state index contributed by atoms with van der Waals surface area (Å²) in [7, 11) is 1.23. The van der Waals surface area contributed by atoms with E-state index in [2.05, 4.69) is 20.3 Å². The van der Waals surface area contributed by atoms with Crippen molar-refractivity contribution in [1.29, 1.82) is 0 Å². The van der Waals surface area contributed by atoms with Crippen LogP contribution in [0.2, 0.25) is 0 Å². The molecule has 13 nitrogen and oxygen atoms in total. The van der Waals surface area contributed by atoms with E-state index in [1.54, 1.807) is 64.3 Å². The second-order valence-corrected chi connectivity index (χ2v) is 16.6. The minimum Gasteiger partial charge on any atom is -0.494 e. The fraction of sp³-hybridized carbons (Fsp3) is 0.419. The molecule has 1 saturated heterocycles. The first-order chi connectivity index (χ1) is 28.3. The Kier molecular flexibility index (Phi) is 12.7. The number of anilines is 2. The highest BCUT2D eigenvalue weighted by Gasteiger charge is 2.46. The highest BCUT2D eigenvalue weighted by Crippen LogP contribution is 2.37. The quantitative estimate of drug-likeness (QED) is 0.124. The third-order valence-electron chi connectivity index (χ3n) is 9.88. The van der Waals surface area contributed by atoms with Crippen molar-refractivity contribution in [3.05, 3.63) is 96.1 Å². The molecule has 2 amide bonds. The van der Waals surface area contributed by atoms with Gasteiger partial charge < -0.3 is 34.1 Å². The summed E-state index contributed by atoms with van der Waals surface area (Å²) in [6, 6.07) is 16.2. The van der Waals surface area contributed by atoms with Crippen LogP contribution in [0.15, 0.2) is 73.3 Å². The van der Waals surface area contributed by atoms with Gasteiger partial charge in [-0.25, -0.2) is 42.1 Å². The number of alkyl halides is 2. The number of imidazole rings is 1. The number of aliphatic hydroxyl groups is 1. The normalized spacial score (nSPS) is 16.5. The molecule has 320 valence electrons. The molecule has 2 aromatic heterocycles. The highest BCUT2D eigenvalue weighted by atomic mass is 19.3. The number of hydrogen-bond donors (Lipinski definition) is 2. The van der Waals surface area contributed by atoms with Crippen LogP contribution in [0, 0.1) is 11.6 Å². The summed E-state index contributed by atoms with van der Waals surface area (Å²) in [5.41, 5.74) is -1.04. The van der Waals surface area contributed by atoms with Crippen LogP contribution in [-0.4, -0.2) is 86.3 Å². The Labute approximate surface area is 345 Å². The Bertz CT molecular complexity index is 2300. The summed E-state index contributed by atoms with van der Waals surface area (Å²) in [5, 5.41) is 14.3. The molecular weight excluding hydrogens is 787 g/mol. The summed E-state index contributed by atoms with van der Waals surface area (Å²) in [5.74, 6) is -2.01. The first-order valence-corrected chi connectivity index (χ1v) is 19.4. The van der Waals surface area contributed by atoms with E-state index in [9.17, 15) is 27.9 Å². The third kappa shape index (κ3) is 9.79. The van der Waals surface area contributed by atoms with Gasteiger partial charge in [0, 0.05) is 37.0 Å². The number of piperidine rings is 1. The van der Waals surface area contributed by atoms with E-state index in [1.165, 1.54) is 13.4 Å². The van der Waals surface area contributed by atoms with Crippen molar-refractivity contribution in [2.75, 3.05) is 30.0 Å². The number of carbonyl (C=O) groups is 2. The second-order valence-electron chi connectivity index (χ2n) is 16.6. The molecule has 5 aromatic rings. The average Bonchev–Trinajstić information content (AvgIpc) is 3.59. The predicted octanol–water partition coefficient (Wildman–Crippen LogP) is 8.26. The molecule has 0 aliphatic carbocycles. The summed E-state index contributed by atoms with van der Waals surface area (Å²) in [4.78, 5) is 42.8. The number of nitrogens with one attached hydrogen (secondary N) is 1. The van der Waals surface area contributed by atoms with Gasteiger partial charge >= 0.3 is 12.2 Å². The average molecular weight is 836 g/mol. The van der Waals surface area contributed by atoms with Crippen LogP contribution in [0.4, 0.5) is 38.7 Å². The van der Waals surface area contributed by atoms with Crippen LogP contribution < -0.4 is 19.9 Å². The van der Waals surface area contributed by atoms with Gasteiger partial charge in [-0.05, 0) is 89.3 Å². The molecule has 1 fully saturated rings. The molecule has 17 heteroatoms. The minimum atomic E-state index is -3.05. The lowest BCUT2D eigenvalue weighted by molar-refractivity contribution is -0.0657. The highest BCUT2D eigenvalue weighted by molar-refractivity contribution is 6.12. The van der Waals surface area contributed by atoms with E-state index in [4.69, 9.17) is 14.2 Å². The maximum absolute atomic E-state index is 15.5. The van der Waals surface area contributed by atoms with E-state index in [0.717, 1.165) is 24.0 Å². The van der Waals surface area contributed by atoms with Crippen molar-refractivity contribution in [3.63, 3.8) is 0 Å². The molecule has 6 rings (SSSR count). The topological polar surface area (TPSA) is 144 Å². The molecule has 1 aliphatic heterocycles. The van der Waals surface area contributed by atoms with Crippen molar-refractivity contribution in [1.82, 2.24) is 24.8 Å². The van der Waals surface area contributed by atoms with Crippen molar-refractivity contribution in [3.8, 4) is 16.9 Å². The minimum absolute atomic E-state index is 0.0202. The smallest absolute Gasteiger partial charge is 0.425 e. The van der Waals surface area contributed by atoms with E-state index in [1.807, 2.05) is 35.2 Å². The zero-order valence-electron chi connectivity index (χ0n) is 34.5. The van der Waals surface area contributed by atoms with Gasteiger partial charge in [0.2, 0.25) is 0 Å². The number of carbonyl (C=O) groups excluding carboxylic acids is 2. The summed E-state index contributed by atoms with van der Waals surface area (Å²) >= 11 is 0. The standard InChI is InChI=1S/C43H49F4N7O6/c1-41(2,3)59-39(56)54(40(57)60-42(4,5)6)38-34-37(48-24-49-38)53(25-50-34)22-28-18-27(29-19-31(45)33(58-7)20-30(29)44)14-15-32(28)52-17-11-16-43(23-52,35(55)36(46)47)51-21-26-12-9-8-10-13-26/h8-10,12-15,18-20,24-25,35-36,51,55H,11,16-17,21-23H2,1-7H3. The maximum atomic E-state index is 15.5. The van der Waals surface area contributed by atoms with Gasteiger partial charge in [0.1, 0.15) is 29.5 Å². The molecular formula is C43H49F4N7O6. The van der Waals surface area contributed by atoms with E-state index in [-0.39, 0.29) is 54.3 Å². The second kappa shape index (κ2) is 17.4. The Morgan fingerprint density at radius 1 is 0.933 bits per heavy atom. The van der Waals surface area contributed by atoms with Gasteiger partial charge in [-0.2, -0.15) is 4.90 Å². The number of aliphatic hydroxyl groups excluding tert-OH is 1. The lowest BCUT2D eigenvalue weighted by atomic mass is 9.82. The van der Waals surface area contributed by atoms with E-state index in [0.29, 0.717) is 34.7 Å². The number of hydrogen-bond acceptors (Lipinski definition) is 11. The zero-order valence-corrected chi connectivity index (χ0v) is 34.5. The maximum Gasteiger partial charge on any atom is 0.425 e. The first-order valence-electron chi connectivity index (χ1n) is 19.4. The molecule has 0 radical (unpaired) electrons. The number of benzene rings is 3. The lowest BCUT2D eigenvalue weighted by Crippen LogP contribution is -2.65. The number of fused-ring (bicyclic) bond motifs is 1. The number of halogens is 4. The van der Waals surface area contributed by atoms with Gasteiger partial charge in [0.25, 0.3) is 6.43 Å². The number of amides is 2. The van der Waals surface area contributed by atoms with Crippen LogP contribution in [-0.2, 0) is 22.6 Å². The zero-order chi connectivity index (χ0) is 43.6. The molecule has 3 aromatic carbocycles. The van der Waals surface area contributed by atoms with Gasteiger partial charge in [0.15, 0.2) is 28.5 Å². The van der Waals surface area contributed by atoms with Gasteiger partial charge in [-0.3, -0.25) is 0 Å². The Balaban J connectivity index is 1.45. The van der Waals surface area contributed by atoms with Crippen LogP contribution in [0.25, 0.3) is 22.3 Å². The molecule has 0 saturated carbocycles. The van der Waals surface area contributed by atoms with Gasteiger partial charge in [0.05, 0.1) is 25.5 Å². The van der Waals surface area contributed by atoms with Crippen LogP contribution in [0.1, 0.15) is 65.5 Å². The number of aromatic nitrogens is 4. The molecule has 2 atom stereocenters. The number of ether oxygens (including phenoxy) is 3. The van der Waals surface area contributed by atoms with Crippen molar-refractivity contribution >= 4 is 34.9 Å². The largest absolute Gasteiger partial charge is 0.494 e. The summed E-state index contributed by atoms with van der Waals surface area (Å²) in [6.07, 6.45) is -3.94.